The third-order valence-electron chi connectivity index (χ3n) is 5.15. The van der Waals surface area contributed by atoms with Gasteiger partial charge in [0.05, 0.1) is 6.67 Å². The van der Waals surface area contributed by atoms with E-state index in [1.807, 2.05) is 0 Å². The lowest BCUT2D eigenvalue weighted by molar-refractivity contribution is 0.154. The lowest BCUT2D eigenvalue weighted by Crippen LogP contribution is -2.45. The van der Waals surface area contributed by atoms with Crippen LogP contribution in [0.15, 0.2) is 12.1 Å². The smallest absolute Gasteiger partial charge is 0.124 e. The SMILES string of the molecule is CC(C)(C)c1cc([C@H](CCF)N2CCNCC2)c(O)c(C(C)(C)C)c1. The Kier molecular flexibility index (Phi) is 6.16. The van der Waals surface area contributed by atoms with Crippen LogP contribution < -0.4 is 5.32 Å². The van der Waals surface area contributed by atoms with Crippen LogP contribution in [0, 0.1) is 0 Å². The van der Waals surface area contributed by atoms with E-state index in [9.17, 15) is 9.50 Å². The van der Waals surface area contributed by atoms with Gasteiger partial charge < -0.3 is 10.4 Å². The van der Waals surface area contributed by atoms with E-state index >= 15 is 0 Å². The molecule has 1 heterocycles. The molecule has 0 bridgehead atoms. The van der Waals surface area contributed by atoms with E-state index in [2.05, 4.69) is 63.9 Å². The number of halogens is 1. The molecule has 0 amide bonds. The summed E-state index contributed by atoms with van der Waals surface area (Å²) >= 11 is 0. The highest BCUT2D eigenvalue weighted by molar-refractivity contribution is 5.50. The number of nitrogens with one attached hydrogen (secondary N) is 1. The maximum Gasteiger partial charge on any atom is 0.124 e. The minimum absolute atomic E-state index is 0.0217. The molecule has 142 valence electrons. The average Bonchev–Trinajstić information content (AvgIpc) is 2.52. The zero-order valence-corrected chi connectivity index (χ0v) is 16.7. The van der Waals surface area contributed by atoms with Crippen LogP contribution in [0.25, 0.3) is 0 Å². The zero-order valence-electron chi connectivity index (χ0n) is 16.7. The number of hydrogen-bond donors (Lipinski definition) is 2. The first-order valence-electron chi connectivity index (χ1n) is 9.44. The molecule has 1 fully saturated rings. The van der Waals surface area contributed by atoms with Gasteiger partial charge >= 0.3 is 0 Å². The summed E-state index contributed by atoms with van der Waals surface area (Å²) in [6.45, 7) is 16.1. The van der Waals surface area contributed by atoms with E-state index < -0.39 is 0 Å². The number of benzene rings is 1. The Morgan fingerprint density at radius 3 is 2.16 bits per heavy atom. The molecular weight excluding hydrogens is 315 g/mol. The van der Waals surface area contributed by atoms with Crippen molar-refractivity contribution in [2.75, 3.05) is 32.9 Å². The molecule has 0 aliphatic carbocycles. The van der Waals surface area contributed by atoms with Crippen molar-refractivity contribution in [3.8, 4) is 5.75 Å². The number of aromatic hydroxyl groups is 1. The average molecular weight is 351 g/mol. The van der Waals surface area contributed by atoms with Crippen molar-refractivity contribution in [3.05, 3.63) is 28.8 Å². The van der Waals surface area contributed by atoms with Crippen molar-refractivity contribution in [1.82, 2.24) is 10.2 Å². The van der Waals surface area contributed by atoms with Gasteiger partial charge in [0.1, 0.15) is 5.75 Å². The third-order valence-corrected chi connectivity index (χ3v) is 5.15. The van der Waals surface area contributed by atoms with Gasteiger partial charge in [-0.05, 0) is 34.4 Å². The van der Waals surface area contributed by atoms with E-state index in [-0.39, 0.29) is 23.5 Å². The summed E-state index contributed by atoms with van der Waals surface area (Å²) in [6.07, 6.45) is 0.421. The van der Waals surface area contributed by atoms with Gasteiger partial charge in [-0.25, -0.2) is 0 Å². The monoisotopic (exact) mass is 350 g/mol. The van der Waals surface area contributed by atoms with Crippen molar-refractivity contribution < 1.29 is 9.50 Å². The highest BCUT2D eigenvalue weighted by Crippen LogP contribution is 2.42. The fourth-order valence-electron chi connectivity index (χ4n) is 3.55. The van der Waals surface area contributed by atoms with E-state index in [0.717, 1.165) is 37.3 Å². The summed E-state index contributed by atoms with van der Waals surface area (Å²) in [5.74, 6) is 0.345. The van der Waals surface area contributed by atoms with Crippen LogP contribution in [-0.4, -0.2) is 42.9 Å². The molecule has 0 unspecified atom stereocenters. The fraction of sp³-hybridized carbons (Fsp3) is 0.714. The molecule has 25 heavy (non-hydrogen) atoms. The number of alkyl halides is 1. The molecule has 2 N–H and O–H groups in total. The lowest BCUT2D eigenvalue weighted by atomic mass is 9.77. The predicted octanol–water partition coefficient (Wildman–Crippen LogP) is 4.29. The largest absolute Gasteiger partial charge is 0.507 e. The summed E-state index contributed by atoms with van der Waals surface area (Å²) in [6, 6.07) is 4.16. The van der Waals surface area contributed by atoms with E-state index in [1.165, 1.54) is 5.56 Å². The van der Waals surface area contributed by atoms with Crippen LogP contribution in [0.1, 0.15) is 70.7 Å². The molecule has 1 aliphatic rings. The molecule has 3 nitrogen and oxygen atoms in total. The van der Waals surface area contributed by atoms with Crippen LogP contribution in [-0.2, 0) is 10.8 Å². The summed E-state index contributed by atoms with van der Waals surface area (Å²) in [5, 5.41) is 14.4. The second kappa shape index (κ2) is 7.63. The topological polar surface area (TPSA) is 35.5 Å². The number of phenols is 1. The molecular formula is C21H35FN2O. The molecule has 2 rings (SSSR count). The van der Waals surface area contributed by atoms with Crippen LogP contribution in [0.2, 0.25) is 0 Å². The lowest BCUT2D eigenvalue weighted by Gasteiger charge is -2.37. The fourth-order valence-corrected chi connectivity index (χ4v) is 3.55. The van der Waals surface area contributed by atoms with E-state index in [1.54, 1.807) is 0 Å². The molecule has 1 aromatic rings. The van der Waals surface area contributed by atoms with Crippen molar-refractivity contribution in [2.45, 2.75) is 64.8 Å². The standard InChI is InChI=1S/C21H35FN2O/c1-20(2,3)15-13-16(19(25)17(14-15)21(4,5)6)18(7-8-22)24-11-9-23-10-12-24/h13-14,18,23,25H,7-12H2,1-6H3/t18-/m0/s1. The minimum Gasteiger partial charge on any atom is -0.507 e. The molecule has 1 atom stereocenters. The molecule has 0 spiro atoms. The molecule has 0 aromatic heterocycles. The number of hydrogen-bond acceptors (Lipinski definition) is 3. The second-order valence-electron chi connectivity index (χ2n) is 9.24. The highest BCUT2D eigenvalue weighted by atomic mass is 19.1. The van der Waals surface area contributed by atoms with Crippen LogP contribution in [0.4, 0.5) is 4.39 Å². The second-order valence-corrected chi connectivity index (χ2v) is 9.24. The minimum atomic E-state index is -0.376. The Hall–Kier alpha value is -1.13. The van der Waals surface area contributed by atoms with Gasteiger partial charge in [0.15, 0.2) is 0 Å². The first-order chi connectivity index (χ1) is 11.6. The zero-order chi connectivity index (χ0) is 18.8. The Bertz CT molecular complexity index is 581. The quantitative estimate of drug-likeness (QED) is 0.850. The third kappa shape index (κ3) is 4.73. The first kappa shape index (κ1) is 20.2. The van der Waals surface area contributed by atoms with Gasteiger partial charge in [-0.2, -0.15) is 0 Å². The van der Waals surface area contributed by atoms with Crippen molar-refractivity contribution >= 4 is 0 Å². The number of nitrogens with zero attached hydrogens (tertiary/aromatic N) is 1. The van der Waals surface area contributed by atoms with Crippen molar-refractivity contribution in [2.24, 2.45) is 0 Å². The molecule has 1 saturated heterocycles. The Morgan fingerprint density at radius 1 is 1.08 bits per heavy atom. The predicted molar refractivity (Wildman–Crippen MR) is 103 cm³/mol. The van der Waals surface area contributed by atoms with Gasteiger partial charge in [0, 0.05) is 37.8 Å². The number of phenolic OH excluding ortho intramolecular Hbond substituents is 1. The van der Waals surface area contributed by atoms with E-state index in [0.29, 0.717) is 12.2 Å². The number of piperazine rings is 1. The summed E-state index contributed by atoms with van der Waals surface area (Å²) < 4.78 is 13.4. The van der Waals surface area contributed by atoms with Gasteiger partial charge in [-0.1, -0.05) is 47.6 Å². The Labute approximate surface area is 152 Å². The summed E-state index contributed by atoms with van der Waals surface area (Å²) in [5.41, 5.74) is 2.85. The summed E-state index contributed by atoms with van der Waals surface area (Å²) in [4.78, 5) is 2.31. The maximum atomic E-state index is 13.4. The van der Waals surface area contributed by atoms with Gasteiger partial charge in [-0.3, -0.25) is 9.29 Å². The molecule has 1 aliphatic heterocycles. The molecule has 0 radical (unpaired) electrons. The van der Waals surface area contributed by atoms with Crippen LogP contribution in [0.3, 0.4) is 0 Å². The Morgan fingerprint density at radius 2 is 1.68 bits per heavy atom. The first-order valence-corrected chi connectivity index (χ1v) is 9.44. The normalized spacial score (nSPS) is 18.4. The number of rotatable bonds is 4. The molecule has 4 heteroatoms. The van der Waals surface area contributed by atoms with E-state index in [4.69, 9.17) is 0 Å². The highest BCUT2D eigenvalue weighted by Gasteiger charge is 2.30. The van der Waals surface area contributed by atoms with Crippen LogP contribution >= 0.6 is 0 Å². The molecule has 1 aromatic carbocycles. The van der Waals surface area contributed by atoms with Crippen molar-refractivity contribution in [1.29, 1.82) is 0 Å². The van der Waals surface area contributed by atoms with Gasteiger partial charge in [-0.15, -0.1) is 0 Å². The molecule has 0 saturated carbocycles. The Balaban J connectivity index is 2.59. The maximum absolute atomic E-state index is 13.4. The van der Waals surface area contributed by atoms with Crippen molar-refractivity contribution in [3.63, 3.8) is 0 Å². The van der Waals surface area contributed by atoms with Gasteiger partial charge in [0.25, 0.3) is 0 Å². The van der Waals surface area contributed by atoms with Gasteiger partial charge in [0.2, 0.25) is 0 Å². The summed E-state index contributed by atoms with van der Waals surface area (Å²) in [7, 11) is 0. The van der Waals surface area contributed by atoms with Crippen LogP contribution in [0.5, 0.6) is 5.75 Å².